The maximum atomic E-state index is 12.9. The molecule has 0 bridgehead atoms. The first-order chi connectivity index (χ1) is 12.7. The number of methoxy groups -OCH3 is 1. The fourth-order valence-electron chi connectivity index (χ4n) is 2.35. The van der Waals surface area contributed by atoms with E-state index in [0.717, 1.165) is 11.3 Å². The van der Waals surface area contributed by atoms with Gasteiger partial charge < -0.3 is 9.47 Å². The second-order valence-corrected chi connectivity index (χ2v) is 5.39. The van der Waals surface area contributed by atoms with E-state index in [0.29, 0.717) is 22.9 Å². The molecule has 2 aromatic carbocycles. The quantitative estimate of drug-likeness (QED) is 0.451. The number of rotatable bonds is 7. The Bertz CT molecular complexity index is 851. The van der Waals surface area contributed by atoms with E-state index in [1.54, 1.807) is 25.3 Å². The summed E-state index contributed by atoms with van der Waals surface area (Å²) in [5, 5.41) is 0. The maximum absolute atomic E-state index is 12.9. The summed E-state index contributed by atoms with van der Waals surface area (Å²) in [6.07, 6.45) is 0. The average molecular weight is 355 g/mol. The van der Waals surface area contributed by atoms with Gasteiger partial charge in [0.2, 0.25) is 0 Å². The Morgan fingerprint density at radius 2 is 1.50 bits per heavy atom. The highest BCUT2D eigenvalue weighted by Gasteiger charge is 2.07. The van der Waals surface area contributed by atoms with Crippen molar-refractivity contribution >= 4 is 0 Å². The van der Waals surface area contributed by atoms with E-state index in [1.165, 1.54) is 19.2 Å². The molecule has 0 spiro atoms. The third-order valence-corrected chi connectivity index (χ3v) is 3.61. The van der Waals surface area contributed by atoms with Gasteiger partial charge >= 0.3 is 0 Å². The number of halogens is 1. The number of ether oxygens (including phenoxy) is 2. The molecule has 0 aliphatic carbocycles. The smallest absolute Gasteiger partial charge is 0.127 e. The lowest BCUT2D eigenvalue weighted by Gasteiger charge is -2.10. The molecule has 0 atom stereocenters. The predicted molar refractivity (Wildman–Crippen MR) is 94.5 cm³/mol. The van der Waals surface area contributed by atoms with Crippen molar-refractivity contribution in [3.05, 3.63) is 72.2 Å². The molecule has 134 valence electrons. The monoisotopic (exact) mass is 355 g/mol. The van der Waals surface area contributed by atoms with Gasteiger partial charge in [-0.1, -0.05) is 0 Å². The van der Waals surface area contributed by atoms with Gasteiger partial charge in [-0.05, 0) is 48.5 Å². The normalized spacial score (nSPS) is 10.6. The largest absolute Gasteiger partial charge is 0.497 e. The van der Waals surface area contributed by atoms with Gasteiger partial charge in [-0.3, -0.25) is 0 Å². The molecule has 0 aliphatic rings. The molecule has 0 radical (unpaired) electrons. The van der Waals surface area contributed by atoms with Gasteiger partial charge in [0.05, 0.1) is 25.6 Å². The van der Waals surface area contributed by atoms with Crippen LogP contribution < -0.4 is 9.47 Å². The molecule has 0 amide bonds. The van der Waals surface area contributed by atoms with E-state index in [-0.39, 0.29) is 12.4 Å². The SMILES string of the molecule is COOCc1cc(OC)cc(-c2ccc(Oc3ccc(F)cc3)cc2)n1. The van der Waals surface area contributed by atoms with Crippen LogP contribution in [0.25, 0.3) is 11.3 Å². The van der Waals surface area contributed by atoms with Crippen LogP contribution in [0.4, 0.5) is 4.39 Å². The molecule has 1 heterocycles. The molecule has 0 aliphatic heterocycles. The molecule has 5 nitrogen and oxygen atoms in total. The fraction of sp³-hybridized carbons (Fsp3) is 0.150. The highest BCUT2D eigenvalue weighted by atomic mass is 19.1. The summed E-state index contributed by atoms with van der Waals surface area (Å²) in [4.78, 5) is 14.1. The molecule has 0 fully saturated rings. The van der Waals surface area contributed by atoms with Crippen molar-refractivity contribution in [1.82, 2.24) is 4.98 Å². The van der Waals surface area contributed by atoms with Crippen LogP contribution in [0.3, 0.4) is 0 Å². The summed E-state index contributed by atoms with van der Waals surface area (Å²) in [7, 11) is 3.04. The third-order valence-electron chi connectivity index (χ3n) is 3.61. The van der Waals surface area contributed by atoms with E-state index in [1.807, 2.05) is 30.3 Å². The summed E-state index contributed by atoms with van der Waals surface area (Å²) in [6, 6.07) is 16.9. The first-order valence-electron chi connectivity index (χ1n) is 7.92. The molecule has 26 heavy (non-hydrogen) atoms. The minimum atomic E-state index is -0.301. The molecule has 0 saturated heterocycles. The lowest BCUT2D eigenvalue weighted by molar-refractivity contribution is -0.282. The summed E-state index contributed by atoms with van der Waals surface area (Å²) < 4.78 is 24.0. The van der Waals surface area contributed by atoms with Crippen molar-refractivity contribution in [3.8, 4) is 28.5 Å². The van der Waals surface area contributed by atoms with Crippen molar-refractivity contribution in [2.24, 2.45) is 0 Å². The minimum Gasteiger partial charge on any atom is -0.497 e. The Morgan fingerprint density at radius 1 is 0.846 bits per heavy atom. The highest BCUT2D eigenvalue weighted by Crippen LogP contribution is 2.27. The molecule has 0 unspecified atom stereocenters. The number of hydrogen-bond acceptors (Lipinski definition) is 5. The van der Waals surface area contributed by atoms with Crippen LogP contribution in [0.15, 0.2) is 60.7 Å². The van der Waals surface area contributed by atoms with Gasteiger partial charge in [0.15, 0.2) is 0 Å². The number of aromatic nitrogens is 1. The molecule has 0 saturated carbocycles. The summed E-state index contributed by atoms with van der Waals surface area (Å²) in [5.41, 5.74) is 2.33. The molecule has 6 heteroatoms. The van der Waals surface area contributed by atoms with Crippen molar-refractivity contribution in [2.75, 3.05) is 14.2 Å². The Hall–Kier alpha value is -2.96. The Balaban J connectivity index is 1.80. The second-order valence-electron chi connectivity index (χ2n) is 5.39. The number of hydrogen-bond donors (Lipinski definition) is 0. The van der Waals surface area contributed by atoms with Crippen molar-refractivity contribution in [2.45, 2.75) is 6.61 Å². The zero-order valence-electron chi connectivity index (χ0n) is 14.4. The van der Waals surface area contributed by atoms with Crippen LogP contribution in [0.5, 0.6) is 17.2 Å². The predicted octanol–water partition coefficient (Wildman–Crippen LogP) is 4.77. The number of nitrogens with zero attached hydrogens (tertiary/aromatic N) is 1. The van der Waals surface area contributed by atoms with Crippen LogP contribution >= 0.6 is 0 Å². The van der Waals surface area contributed by atoms with E-state index in [4.69, 9.17) is 14.4 Å². The van der Waals surface area contributed by atoms with E-state index in [2.05, 4.69) is 9.87 Å². The highest BCUT2D eigenvalue weighted by molar-refractivity contribution is 5.62. The van der Waals surface area contributed by atoms with E-state index >= 15 is 0 Å². The summed E-state index contributed by atoms with van der Waals surface area (Å²) >= 11 is 0. The van der Waals surface area contributed by atoms with Crippen molar-refractivity contribution in [1.29, 1.82) is 0 Å². The lowest BCUT2D eigenvalue weighted by Crippen LogP contribution is -1.98. The zero-order valence-corrected chi connectivity index (χ0v) is 14.4. The Labute approximate surface area is 150 Å². The third kappa shape index (κ3) is 4.56. The van der Waals surface area contributed by atoms with Gasteiger partial charge in [0.25, 0.3) is 0 Å². The van der Waals surface area contributed by atoms with Crippen LogP contribution in [-0.4, -0.2) is 19.2 Å². The van der Waals surface area contributed by atoms with Crippen molar-refractivity contribution < 1.29 is 23.6 Å². The fourth-order valence-corrected chi connectivity index (χ4v) is 2.35. The number of benzene rings is 2. The Morgan fingerprint density at radius 3 is 2.12 bits per heavy atom. The van der Waals surface area contributed by atoms with Crippen LogP contribution in [0, 0.1) is 5.82 Å². The van der Waals surface area contributed by atoms with Crippen molar-refractivity contribution in [3.63, 3.8) is 0 Å². The molecule has 3 rings (SSSR count). The topological polar surface area (TPSA) is 49.8 Å². The standard InChI is InChI=1S/C20H18FNO4/c1-23-19-11-16(13-25-24-2)22-20(12-19)14-3-7-17(8-4-14)26-18-9-5-15(21)6-10-18/h3-12H,13H2,1-2H3. The zero-order chi connectivity index (χ0) is 18.4. The van der Waals surface area contributed by atoms with Crippen LogP contribution in [-0.2, 0) is 16.4 Å². The molecule has 3 aromatic rings. The van der Waals surface area contributed by atoms with Crippen LogP contribution in [0.1, 0.15) is 5.69 Å². The van der Waals surface area contributed by atoms with E-state index in [9.17, 15) is 4.39 Å². The summed E-state index contributed by atoms with van der Waals surface area (Å²) in [6.45, 7) is 0.215. The minimum absolute atomic E-state index is 0.215. The van der Waals surface area contributed by atoms with Crippen LogP contribution in [0.2, 0.25) is 0 Å². The Kier molecular flexibility index (Phi) is 5.78. The molecular weight excluding hydrogens is 337 g/mol. The maximum Gasteiger partial charge on any atom is 0.127 e. The van der Waals surface area contributed by atoms with Gasteiger partial charge in [-0.15, -0.1) is 0 Å². The molecular formula is C20H18FNO4. The first kappa shape index (κ1) is 17.8. The van der Waals surface area contributed by atoms with Gasteiger partial charge in [-0.2, -0.15) is 0 Å². The lowest BCUT2D eigenvalue weighted by atomic mass is 10.1. The average Bonchev–Trinajstić information content (AvgIpc) is 2.68. The van der Waals surface area contributed by atoms with Gasteiger partial charge in [0.1, 0.15) is 29.7 Å². The van der Waals surface area contributed by atoms with Gasteiger partial charge in [-0.25, -0.2) is 19.1 Å². The van der Waals surface area contributed by atoms with Gasteiger partial charge in [0, 0.05) is 17.7 Å². The second kappa shape index (κ2) is 8.42. The molecule has 0 N–H and O–H groups in total. The molecule has 1 aromatic heterocycles. The van der Waals surface area contributed by atoms with E-state index < -0.39 is 0 Å². The summed E-state index contributed by atoms with van der Waals surface area (Å²) in [5.74, 6) is 1.59. The first-order valence-corrected chi connectivity index (χ1v) is 7.92. The number of pyridine rings is 1.